The lowest BCUT2D eigenvalue weighted by Gasteiger charge is -2.15. The SMILES string of the molecule is CNC(=O)[C@@H](C)NCc1ccc(-c2ccc(N3C[C@H](CNC(C)=O)OC3=O)cc2F)cc1. The van der Waals surface area contributed by atoms with Crippen LogP contribution < -0.4 is 20.9 Å². The fourth-order valence-corrected chi connectivity index (χ4v) is 3.38. The average molecular weight is 442 g/mol. The van der Waals surface area contributed by atoms with Crippen molar-refractivity contribution >= 4 is 23.6 Å². The van der Waals surface area contributed by atoms with Gasteiger partial charge in [-0.3, -0.25) is 14.5 Å². The van der Waals surface area contributed by atoms with E-state index in [4.69, 9.17) is 4.74 Å². The number of carbonyl (C=O) groups excluding carboxylic acids is 3. The third-order valence-electron chi connectivity index (χ3n) is 5.23. The maximum Gasteiger partial charge on any atom is 0.414 e. The van der Waals surface area contributed by atoms with Crippen LogP contribution in [0.2, 0.25) is 0 Å². The Morgan fingerprint density at radius 3 is 2.56 bits per heavy atom. The van der Waals surface area contributed by atoms with Crippen molar-refractivity contribution in [3.8, 4) is 11.1 Å². The number of rotatable bonds is 8. The number of anilines is 1. The molecule has 2 atom stereocenters. The smallest absolute Gasteiger partial charge is 0.414 e. The number of hydrogen-bond donors (Lipinski definition) is 3. The Hall–Kier alpha value is -3.46. The van der Waals surface area contributed by atoms with Gasteiger partial charge in [-0.2, -0.15) is 0 Å². The largest absolute Gasteiger partial charge is 0.442 e. The van der Waals surface area contributed by atoms with E-state index in [1.54, 1.807) is 26.1 Å². The Morgan fingerprint density at radius 2 is 1.94 bits per heavy atom. The molecular formula is C23H27FN4O4. The maximum absolute atomic E-state index is 14.9. The highest BCUT2D eigenvalue weighted by Gasteiger charge is 2.32. The van der Waals surface area contributed by atoms with E-state index in [2.05, 4.69) is 16.0 Å². The lowest BCUT2D eigenvalue weighted by Crippen LogP contribution is -2.40. The first-order valence-electron chi connectivity index (χ1n) is 10.3. The Balaban J connectivity index is 1.65. The van der Waals surface area contributed by atoms with Gasteiger partial charge in [-0.1, -0.05) is 24.3 Å². The zero-order valence-corrected chi connectivity index (χ0v) is 18.3. The highest BCUT2D eigenvalue weighted by molar-refractivity contribution is 5.90. The molecule has 0 aromatic heterocycles. The number of halogens is 1. The van der Waals surface area contributed by atoms with Gasteiger partial charge < -0.3 is 20.7 Å². The molecule has 2 aromatic carbocycles. The van der Waals surface area contributed by atoms with Gasteiger partial charge in [0.1, 0.15) is 11.9 Å². The van der Waals surface area contributed by atoms with Crippen molar-refractivity contribution in [2.45, 2.75) is 32.5 Å². The summed E-state index contributed by atoms with van der Waals surface area (Å²) in [5.41, 5.74) is 2.47. The molecule has 0 bridgehead atoms. The average Bonchev–Trinajstić information content (AvgIpc) is 3.16. The minimum atomic E-state index is -0.574. The Morgan fingerprint density at radius 1 is 1.22 bits per heavy atom. The van der Waals surface area contributed by atoms with Crippen LogP contribution in [0.3, 0.4) is 0 Å². The van der Waals surface area contributed by atoms with Crippen molar-refractivity contribution in [1.82, 2.24) is 16.0 Å². The van der Waals surface area contributed by atoms with Crippen LogP contribution in [0.25, 0.3) is 11.1 Å². The summed E-state index contributed by atoms with van der Waals surface area (Å²) in [4.78, 5) is 36.1. The van der Waals surface area contributed by atoms with Crippen LogP contribution in [-0.4, -0.2) is 50.2 Å². The summed E-state index contributed by atoms with van der Waals surface area (Å²) in [7, 11) is 1.59. The molecule has 32 heavy (non-hydrogen) atoms. The summed E-state index contributed by atoms with van der Waals surface area (Å²) in [5.74, 6) is -0.760. The number of carbonyl (C=O) groups is 3. The Kier molecular flexibility index (Phi) is 7.42. The van der Waals surface area contributed by atoms with E-state index < -0.39 is 18.0 Å². The van der Waals surface area contributed by atoms with Crippen LogP contribution in [0.15, 0.2) is 42.5 Å². The molecule has 1 aliphatic heterocycles. The zero-order chi connectivity index (χ0) is 23.3. The maximum atomic E-state index is 14.9. The fraction of sp³-hybridized carbons (Fsp3) is 0.348. The number of cyclic esters (lactones) is 1. The number of nitrogens with zero attached hydrogens (tertiary/aromatic N) is 1. The molecule has 0 saturated carbocycles. The summed E-state index contributed by atoms with van der Waals surface area (Å²) >= 11 is 0. The molecule has 0 spiro atoms. The number of nitrogens with one attached hydrogen (secondary N) is 3. The van der Waals surface area contributed by atoms with Crippen molar-refractivity contribution in [3.63, 3.8) is 0 Å². The zero-order valence-electron chi connectivity index (χ0n) is 18.3. The third kappa shape index (κ3) is 5.61. The fourth-order valence-electron chi connectivity index (χ4n) is 3.38. The predicted molar refractivity (Wildman–Crippen MR) is 119 cm³/mol. The van der Waals surface area contributed by atoms with Gasteiger partial charge in [0.05, 0.1) is 24.8 Å². The normalized spacial score (nSPS) is 16.4. The molecule has 9 heteroatoms. The highest BCUT2D eigenvalue weighted by atomic mass is 19.1. The molecule has 0 unspecified atom stereocenters. The van der Waals surface area contributed by atoms with E-state index in [-0.39, 0.29) is 30.9 Å². The van der Waals surface area contributed by atoms with E-state index in [0.29, 0.717) is 23.4 Å². The van der Waals surface area contributed by atoms with Crippen LogP contribution >= 0.6 is 0 Å². The van der Waals surface area contributed by atoms with Crippen molar-refractivity contribution in [3.05, 3.63) is 53.8 Å². The minimum absolute atomic E-state index is 0.0906. The number of likely N-dealkylation sites (N-methyl/N-ethyl adjacent to an activating group) is 1. The molecule has 0 aliphatic carbocycles. The monoisotopic (exact) mass is 442 g/mol. The first-order chi connectivity index (χ1) is 15.3. The van der Waals surface area contributed by atoms with Gasteiger partial charge >= 0.3 is 6.09 Å². The third-order valence-corrected chi connectivity index (χ3v) is 5.23. The topological polar surface area (TPSA) is 99.8 Å². The molecule has 1 fully saturated rings. The molecule has 0 radical (unpaired) electrons. The molecule has 1 aliphatic rings. The Bertz CT molecular complexity index is 996. The summed E-state index contributed by atoms with van der Waals surface area (Å²) < 4.78 is 20.1. The standard InChI is InChI=1S/C23H27FN4O4/c1-14(22(30)25-3)26-11-16-4-6-17(7-5-16)20-9-8-18(10-21(20)24)28-13-19(32-23(28)31)12-27-15(2)29/h4-10,14,19,26H,11-13H2,1-3H3,(H,25,30)(H,27,29)/t14-,19+/m1/s1. The van der Waals surface area contributed by atoms with Crippen molar-refractivity contribution < 1.29 is 23.5 Å². The van der Waals surface area contributed by atoms with Crippen LogP contribution in [0.5, 0.6) is 0 Å². The molecule has 2 aromatic rings. The van der Waals surface area contributed by atoms with Crippen LogP contribution in [0.1, 0.15) is 19.4 Å². The van der Waals surface area contributed by atoms with Gasteiger partial charge in [-0.15, -0.1) is 0 Å². The minimum Gasteiger partial charge on any atom is -0.442 e. The summed E-state index contributed by atoms with van der Waals surface area (Å²) in [5, 5.41) is 8.32. The second kappa shape index (κ2) is 10.2. The number of benzene rings is 2. The lowest BCUT2D eigenvalue weighted by atomic mass is 10.0. The van der Waals surface area contributed by atoms with Crippen molar-refractivity contribution in [2.75, 3.05) is 25.0 Å². The van der Waals surface area contributed by atoms with E-state index >= 15 is 0 Å². The van der Waals surface area contributed by atoms with Gasteiger partial charge in [0, 0.05) is 26.1 Å². The number of ether oxygens (including phenoxy) is 1. The van der Waals surface area contributed by atoms with Crippen LogP contribution in [0, 0.1) is 5.82 Å². The van der Waals surface area contributed by atoms with E-state index in [9.17, 15) is 18.8 Å². The summed E-state index contributed by atoms with van der Waals surface area (Å²) in [6.45, 7) is 4.11. The van der Waals surface area contributed by atoms with Gasteiger partial charge in [-0.25, -0.2) is 9.18 Å². The van der Waals surface area contributed by atoms with Crippen molar-refractivity contribution in [1.29, 1.82) is 0 Å². The molecular weight excluding hydrogens is 415 g/mol. The Labute approximate surface area is 186 Å². The van der Waals surface area contributed by atoms with Gasteiger partial charge in [-0.05, 0) is 36.2 Å². The molecule has 8 nitrogen and oxygen atoms in total. The molecule has 3 rings (SSSR count). The van der Waals surface area contributed by atoms with Gasteiger partial charge in [0.15, 0.2) is 0 Å². The van der Waals surface area contributed by atoms with Crippen molar-refractivity contribution in [2.24, 2.45) is 0 Å². The summed E-state index contributed by atoms with van der Waals surface area (Å²) in [6, 6.07) is 11.6. The molecule has 3 amide bonds. The molecule has 1 saturated heterocycles. The van der Waals surface area contributed by atoms with Gasteiger partial charge in [0.2, 0.25) is 11.8 Å². The number of hydrogen-bond acceptors (Lipinski definition) is 5. The van der Waals surface area contributed by atoms with Crippen LogP contribution in [0.4, 0.5) is 14.9 Å². The van der Waals surface area contributed by atoms with Gasteiger partial charge in [0.25, 0.3) is 0 Å². The van der Waals surface area contributed by atoms with E-state index in [0.717, 1.165) is 5.56 Å². The summed E-state index contributed by atoms with van der Waals surface area (Å²) in [6.07, 6.45) is -1.06. The first kappa shape index (κ1) is 23.2. The first-order valence-corrected chi connectivity index (χ1v) is 10.3. The number of amides is 3. The predicted octanol–water partition coefficient (Wildman–Crippen LogP) is 2.18. The van der Waals surface area contributed by atoms with E-state index in [1.165, 1.54) is 17.9 Å². The molecule has 1 heterocycles. The van der Waals surface area contributed by atoms with Crippen LogP contribution in [-0.2, 0) is 20.9 Å². The lowest BCUT2D eigenvalue weighted by molar-refractivity contribution is -0.122. The quantitative estimate of drug-likeness (QED) is 0.582. The molecule has 3 N–H and O–H groups in total. The van der Waals surface area contributed by atoms with E-state index in [1.807, 2.05) is 24.3 Å². The second-order valence-corrected chi connectivity index (χ2v) is 7.63. The molecule has 170 valence electrons. The highest BCUT2D eigenvalue weighted by Crippen LogP contribution is 2.29. The second-order valence-electron chi connectivity index (χ2n) is 7.63.